The Balaban J connectivity index is 0.00000306. The molecule has 0 saturated heterocycles. The monoisotopic (exact) mass is 503 g/mol. The summed E-state index contributed by atoms with van der Waals surface area (Å²) in [5.41, 5.74) is 6.51. The van der Waals surface area contributed by atoms with E-state index in [1.54, 1.807) is 24.1 Å². The molecule has 13 nitrogen and oxygen atoms in total. The van der Waals surface area contributed by atoms with Crippen molar-refractivity contribution in [3.05, 3.63) is 40.2 Å². The molecule has 0 bridgehead atoms. The van der Waals surface area contributed by atoms with Crippen molar-refractivity contribution in [2.45, 2.75) is 24.9 Å². The molecule has 2 atom stereocenters. The summed E-state index contributed by atoms with van der Waals surface area (Å²) in [5, 5.41) is 30.2. The fraction of sp³-hybridized carbons (Fsp3) is 0.350. The molecule has 6 N–H and O–H groups in total. The van der Waals surface area contributed by atoms with E-state index in [4.69, 9.17) is 5.73 Å². The van der Waals surface area contributed by atoms with Crippen LogP contribution < -0.4 is 101 Å². The normalized spacial score (nSPS) is 14.8. The molecule has 2 heterocycles. The van der Waals surface area contributed by atoms with Crippen molar-refractivity contribution < 1.29 is 83.7 Å². The zero-order chi connectivity index (χ0) is 24.1. The van der Waals surface area contributed by atoms with Gasteiger partial charge in [0, 0.05) is 37.4 Å². The largest absolute Gasteiger partial charge is 1.00 e. The van der Waals surface area contributed by atoms with Gasteiger partial charge >= 0.3 is 59.1 Å². The van der Waals surface area contributed by atoms with Crippen LogP contribution in [0.5, 0.6) is 0 Å². The van der Waals surface area contributed by atoms with Gasteiger partial charge in [-0.05, 0) is 37.1 Å². The van der Waals surface area contributed by atoms with E-state index in [9.17, 15) is 29.4 Å². The van der Waals surface area contributed by atoms with Crippen molar-refractivity contribution in [3.63, 3.8) is 0 Å². The van der Waals surface area contributed by atoms with Gasteiger partial charge in [0.2, 0.25) is 5.95 Å². The van der Waals surface area contributed by atoms with Crippen LogP contribution in [-0.4, -0.2) is 60.0 Å². The van der Waals surface area contributed by atoms with E-state index in [1.807, 2.05) is 0 Å². The summed E-state index contributed by atoms with van der Waals surface area (Å²) in [6, 6.07) is 4.75. The number of rotatable bonds is 9. The molecular weight excluding hydrogens is 480 g/mol. The van der Waals surface area contributed by atoms with Crippen molar-refractivity contribution in [1.29, 1.82) is 0 Å². The van der Waals surface area contributed by atoms with E-state index in [1.165, 1.54) is 12.1 Å². The third-order valence-electron chi connectivity index (χ3n) is 5.23. The van der Waals surface area contributed by atoms with Gasteiger partial charge in [-0.2, -0.15) is 4.98 Å². The maximum Gasteiger partial charge on any atom is 1.00 e. The zero-order valence-corrected chi connectivity index (χ0v) is 23.7. The number of nitrogens with one attached hydrogen (secondary N) is 4. The number of anilines is 4. The maximum absolute atomic E-state index is 12.3. The average molecular weight is 503 g/mol. The van der Waals surface area contributed by atoms with Crippen LogP contribution in [-0.2, 0) is 9.59 Å². The molecular formula is C20H23N7Na2O6. The summed E-state index contributed by atoms with van der Waals surface area (Å²) in [7, 11) is 1.78. The van der Waals surface area contributed by atoms with Gasteiger partial charge in [-0.3, -0.25) is 14.6 Å². The summed E-state index contributed by atoms with van der Waals surface area (Å²) in [4.78, 5) is 54.5. The van der Waals surface area contributed by atoms with Crippen LogP contribution in [0.25, 0.3) is 0 Å². The topological polar surface area (TPSA) is 208 Å². The van der Waals surface area contributed by atoms with Gasteiger partial charge in [-0.15, -0.1) is 0 Å². The summed E-state index contributed by atoms with van der Waals surface area (Å²) in [6.07, 6.45) is -0.862. The number of carboxylic acids is 2. The number of likely N-dealkylation sites (N-methyl/N-ethyl adjacent to an activating group) is 1. The number of carboxylic acid groups (broad SMARTS) is 2. The maximum atomic E-state index is 12.3. The van der Waals surface area contributed by atoms with Crippen molar-refractivity contribution in [2.75, 3.05) is 41.4 Å². The van der Waals surface area contributed by atoms with Crippen LogP contribution >= 0.6 is 0 Å². The first-order chi connectivity index (χ1) is 15.7. The van der Waals surface area contributed by atoms with Crippen LogP contribution in [0.2, 0.25) is 0 Å². The van der Waals surface area contributed by atoms with Gasteiger partial charge in [-0.25, -0.2) is 0 Å². The van der Waals surface area contributed by atoms with Crippen molar-refractivity contribution in [2.24, 2.45) is 0 Å². The van der Waals surface area contributed by atoms with Crippen LogP contribution in [0, 0.1) is 0 Å². The number of nitrogens with zero attached hydrogens (tertiary/aromatic N) is 2. The molecule has 0 saturated carbocycles. The SMILES string of the molecule is CN1c2c(nc(N)[nH]c2=O)NCC1CNc1ccc(C(=O)N[C@@H](CCC(=O)[O-])C(=O)[O-])cc1.[Na+].[Na+]. The Morgan fingerprint density at radius 2 is 1.89 bits per heavy atom. The van der Waals surface area contributed by atoms with Crippen molar-refractivity contribution in [1.82, 2.24) is 15.3 Å². The fourth-order valence-electron chi connectivity index (χ4n) is 3.41. The molecule has 15 heteroatoms. The molecule has 1 aromatic carbocycles. The number of carbonyl (C=O) groups excluding carboxylic acids is 3. The standard InChI is InChI=1S/C20H25N7O6.2Na/c1-27-12(9-23-16-15(27)18(31)26-20(21)25-16)8-22-11-4-2-10(3-5-11)17(30)24-13(19(32)33)6-7-14(28)29;;/h2-5,12-13,22H,6-9H2,1H3,(H,24,30)(H,28,29)(H,32,33)(H4,21,23,25,26,31);;/q;2*+1/p-2/t12?,13-;;/m0../s1. The van der Waals surface area contributed by atoms with Gasteiger partial charge in [0.25, 0.3) is 11.5 Å². The Bertz CT molecular complexity index is 1110. The Morgan fingerprint density at radius 3 is 2.49 bits per heavy atom. The molecule has 35 heavy (non-hydrogen) atoms. The second-order valence-electron chi connectivity index (χ2n) is 7.51. The number of aromatic amines is 1. The summed E-state index contributed by atoms with van der Waals surface area (Å²) in [5.74, 6) is -3.22. The van der Waals surface area contributed by atoms with E-state index in [2.05, 4.69) is 25.9 Å². The summed E-state index contributed by atoms with van der Waals surface area (Å²) < 4.78 is 0. The van der Waals surface area contributed by atoms with Crippen LogP contribution in [0.3, 0.4) is 0 Å². The predicted molar refractivity (Wildman–Crippen MR) is 115 cm³/mol. The number of nitrogens with two attached hydrogens (primary N) is 1. The van der Waals surface area contributed by atoms with E-state index < -0.39 is 30.3 Å². The van der Waals surface area contributed by atoms with E-state index in [0.29, 0.717) is 30.3 Å². The molecule has 176 valence electrons. The molecule has 1 unspecified atom stereocenters. The predicted octanol–water partition coefficient (Wildman–Crippen LogP) is -8.92. The second kappa shape index (κ2) is 13.7. The Hall–Kier alpha value is -2.29. The quantitative estimate of drug-likeness (QED) is 0.203. The first-order valence-electron chi connectivity index (χ1n) is 10.1. The van der Waals surface area contributed by atoms with Crippen molar-refractivity contribution >= 4 is 41.0 Å². The second-order valence-corrected chi connectivity index (χ2v) is 7.51. The number of H-pyrrole nitrogens is 1. The molecule has 0 fully saturated rings. The molecule has 0 spiro atoms. The minimum absolute atomic E-state index is 0. The van der Waals surface area contributed by atoms with E-state index >= 15 is 0 Å². The van der Waals surface area contributed by atoms with Gasteiger partial charge in [0.15, 0.2) is 5.82 Å². The number of benzene rings is 1. The third-order valence-corrected chi connectivity index (χ3v) is 5.23. The van der Waals surface area contributed by atoms with Gasteiger partial charge in [-0.1, -0.05) is 0 Å². The molecule has 3 rings (SSSR count). The Labute approximate surface area is 244 Å². The van der Waals surface area contributed by atoms with Crippen LogP contribution in [0.4, 0.5) is 23.1 Å². The number of amides is 1. The third kappa shape index (κ3) is 8.12. The fourth-order valence-corrected chi connectivity index (χ4v) is 3.41. The van der Waals surface area contributed by atoms with Crippen LogP contribution in [0.15, 0.2) is 29.1 Å². The number of aromatic nitrogens is 2. The molecule has 1 amide bonds. The van der Waals surface area contributed by atoms with E-state index in [-0.39, 0.29) is 88.6 Å². The van der Waals surface area contributed by atoms with Gasteiger partial charge < -0.3 is 46.4 Å². The molecule has 0 radical (unpaired) electrons. The molecule has 1 aliphatic heterocycles. The number of aliphatic carboxylic acids is 2. The first-order valence-corrected chi connectivity index (χ1v) is 10.1. The Morgan fingerprint density at radius 1 is 1.23 bits per heavy atom. The summed E-state index contributed by atoms with van der Waals surface area (Å²) in [6.45, 7) is 0.984. The van der Waals surface area contributed by atoms with Gasteiger partial charge in [0.1, 0.15) is 5.69 Å². The molecule has 1 aromatic heterocycles. The van der Waals surface area contributed by atoms with E-state index in [0.717, 1.165) is 0 Å². The van der Waals surface area contributed by atoms with Crippen LogP contribution in [0.1, 0.15) is 23.2 Å². The molecule has 2 aromatic rings. The Kier molecular flexibility index (Phi) is 12.0. The smallest absolute Gasteiger partial charge is 0.550 e. The minimum atomic E-state index is -1.58. The number of nitrogen functional groups attached to an aromatic ring is 1. The molecule has 1 aliphatic rings. The minimum Gasteiger partial charge on any atom is -0.550 e. The average Bonchev–Trinajstić information content (AvgIpc) is 2.75. The summed E-state index contributed by atoms with van der Waals surface area (Å²) >= 11 is 0. The zero-order valence-electron chi connectivity index (χ0n) is 19.7. The van der Waals surface area contributed by atoms with Crippen molar-refractivity contribution in [3.8, 4) is 0 Å². The first kappa shape index (κ1) is 30.7. The number of carbonyl (C=O) groups is 3. The van der Waals surface area contributed by atoms with Gasteiger partial charge in [0.05, 0.1) is 18.1 Å². The number of hydrogen-bond acceptors (Lipinski definition) is 11. The number of hydrogen-bond donors (Lipinski definition) is 5. The molecule has 0 aliphatic carbocycles. The number of fused-ring (bicyclic) bond motifs is 1.